The first-order valence-corrected chi connectivity index (χ1v) is 6.41. The fourth-order valence-electron chi connectivity index (χ4n) is 1.47. The number of hydrogen-bond donors (Lipinski definition) is 0. The summed E-state index contributed by atoms with van der Waals surface area (Å²) in [6, 6.07) is 15.5. The van der Waals surface area contributed by atoms with Gasteiger partial charge in [0.1, 0.15) is 17.2 Å². The van der Waals surface area contributed by atoms with Crippen molar-refractivity contribution in [3.05, 3.63) is 54.1 Å². The molecule has 0 atom stereocenters. The first-order valence-electron chi connectivity index (χ1n) is 5.28. The molecule has 0 aliphatic heterocycles. The topological polar surface area (TPSA) is 18.5 Å². The summed E-state index contributed by atoms with van der Waals surface area (Å²) in [6.07, 6.45) is 0. The molecule has 0 unspecified atom stereocenters. The molecule has 17 heavy (non-hydrogen) atoms. The van der Waals surface area contributed by atoms with E-state index in [4.69, 9.17) is 9.47 Å². The molecule has 88 valence electrons. The van der Waals surface area contributed by atoms with Gasteiger partial charge in [-0.1, -0.05) is 28.1 Å². The van der Waals surface area contributed by atoms with Crippen LogP contribution in [0.3, 0.4) is 0 Å². The van der Waals surface area contributed by atoms with Crippen LogP contribution in [0, 0.1) is 0 Å². The minimum Gasteiger partial charge on any atom is -0.497 e. The maximum absolute atomic E-state index is 5.74. The van der Waals surface area contributed by atoms with Crippen LogP contribution in [0.4, 0.5) is 0 Å². The summed E-state index contributed by atoms with van der Waals surface area (Å²) in [5, 5.41) is 0.826. The van der Waals surface area contributed by atoms with Crippen molar-refractivity contribution < 1.29 is 9.47 Å². The van der Waals surface area contributed by atoms with Crippen molar-refractivity contribution in [3.63, 3.8) is 0 Å². The van der Waals surface area contributed by atoms with Gasteiger partial charge in [0.15, 0.2) is 0 Å². The first-order chi connectivity index (χ1) is 8.31. The second-order valence-electron chi connectivity index (χ2n) is 3.56. The minimum absolute atomic E-state index is 0.803. The Kier molecular flexibility index (Phi) is 4.04. The molecule has 0 radical (unpaired) electrons. The molecule has 2 nitrogen and oxygen atoms in total. The summed E-state index contributed by atoms with van der Waals surface area (Å²) in [4.78, 5) is 0. The zero-order valence-electron chi connectivity index (χ0n) is 9.52. The zero-order valence-corrected chi connectivity index (χ0v) is 11.1. The molecular formula is C14H13BrO2. The predicted molar refractivity (Wildman–Crippen MR) is 72.1 cm³/mol. The number of alkyl halides is 1. The van der Waals surface area contributed by atoms with Gasteiger partial charge in [-0.15, -0.1) is 0 Å². The molecule has 0 heterocycles. The maximum Gasteiger partial charge on any atom is 0.127 e. The molecule has 0 N–H and O–H groups in total. The highest BCUT2D eigenvalue weighted by Gasteiger charge is 1.99. The van der Waals surface area contributed by atoms with Crippen LogP contribution in [0.2, 0.25) is 0 Å². The van der Waals surface area contributed by atoms with E-state index < -0.39 is 0 Å². The van der Waals surface area contributed by atoms with Crippen LogP contribution in [-0.4, -0.2) is 7.11 Å². The lowest BCUT2D eigenvalue weighted by atomic mass is 10.2. The molecule has 0 bridgehead atoms. The zero-order chi connectivity index (χ0) is 12.1. The molecule has 0 aliphatic rings. The van der Waals surface area contributed by atoms with E-state index in [0.717, 1.165) is 22.6 Å². The number of ether oxygens (including phenoxy) is 2. The highest BCUT2D eigenvalue weighted by atomic mass is 79.9. The van der Waals surface area contributed by atoms with Crippen molar-refractivity contribution in [1.29, 1.82) is 0 Å². The SMILES string of the molecule is COc1ccc(Oc2cccc(CBr)c2)cc1. The van der Waals surface area contributed by atoms with Gasteiger partial charge in [-0.2, -0.15) is 0 Å². The molecule has 2 aromatic rings. The number of benzene rings is 2. The van der Waals surface area contributed by atoms with E-state index in [1.54, 1.807) is 7.11 Å². The molecular weight excluding hydrogens is 280 g/mol. The van der Waals surface area contributed by atoms with Gasteiger partial charge in [0.2, 0.25) is 0 Å². The minimum atomic E-state index is 0.803. The average Bonchev–Trinajstić information content (AvgIpc) is 2.40. The first kappa shape index (κ1) is 12.0. The molecule has 2 rings (SSSR count). The second-order valence-corrected chi connectivity index (χ2v) is 4.12. The monoisotopic (exact) mass is 292 g/mol. The lowest BCUT2D eigenvalue weighted by Gasteiger charge is -2.07. The molecule has 0 aromatic heterocycles. The van der Waals surface area contributed by atoms with E-state index in [0.29, 0.717) is 0 Å². The Labute approximate surface area is 109 Å². The van der Waals surface area contributed by atoms with Gasteiger partial charge in [0, 0.05) is 5.33 Å². The van der Waals surface area contributed by atoms with Gasteiger partial charge in [-0.05, 0) is 42.0 Å². The Morgan fingerprint density at radius 2 is 1.65 bits per heavy atom. The van der Waals surface area contributed by atoms with Gasteiger partial charge in [0.05, 0.1) is 7.11 Å². The third-order valence-electron chi connectivity index (χ3n) is 2.35. The second kappa shape index (κ2) is 5.73. The summed E-state index contributed by atoms with van der Waals surface area (Å²) in [6.45, 7) is 0. The van der Waals surface area contributed by atoms with Gasteiger partial charge in [-0.25, -0.2) is 0 Å². The molecule has 0 amide bonds. The molecule has 0 saturated heterocycles. The van der Waals surface area contributed by atoms with E-state index in [2.05, 4.69) is 22.0 Å². The van der Waals surface area contributed by atoms with Crippen LogP contribution < -0.4 is 9.47 Å². The van der Waals surface area contributed by atoms with Crippen molar-refractivity contribution in [2.45, 2.75) is 5.33 Å². The Bertz CT molecular complexity index is 480. The number of hydrogen-bond acceptors (Lipinski definition) is 2. The Hall–Kier alpha value is -1.48. The van der Waals surface area contributed by atoms with Gasteiger partial charge >= 0.3 is 0 Å². The van der Waals surface area contributed by atoms with Crippen LogP contribution >= 0.6 is 15.9 Å². The fourth-order valence-corrected chi connectivity index (χ4v) is 1.82. The van der Waals surface area contributed by atoms with E-state index in [1.165, 1.54) is 5.56 Å². The molecule has 0 spiro atoms. The molecule has 3 heteroatoms. The van der Waals surface area contributed by atoms with Crippen molar-refractivity contribution in [2.24, 2.45) is 0 Å². The largest absolute Gasteiger partial charge is 0.497 e. The van der Waals surface area contributed by atoms with Gasteiger partial charge in [0.25, 0.3) is 0 Å². The Balaban J connectivity index is 2.13. The van der Waals surface area contributed by atoms with Crippen molar-refractivity contribution in [2.75, 3.05) is 7.11 Å². The third-order valence-corrected chi connectivity index (χ3v) is 3.00. The van der Waals surface area contributed by atoms with Crippen LogP contribution in [0.15, 0.2) is 48.5 Å². The number of halogens is 1. The lowest BCUT2D eigenvalue weighted by molar-refractivity contribution is 0.413. The standard InChI is InChI=1S/C14H13BrO2/c1-16-12-5-7-13(8-6-12)17-14-4-2-3-11(9-14)10-15/h2-9H,10H2,1H3. The molecule has 0 aliphatic carbocycles. The van der Waals surface area contributed by atoms with Gasteiger partial charge in [-0.3, -0.25) is 0 Å². The molecule has 2 aromatic carbocycles. The van der Waals surface area contributed by atoms with Crippen LogP contribution in [0.25, 0.3) is 0 Å². The summed E-state index contributed by atoms with van der Waals surface area (Å²) in [7, 11) is 1.65. The maximum atomic E-state index is 5.74. The highest BCUT2D eigenvalue weighted by molar-refractivity contribution is 9.08. The van der Waals surface area contributed by atoms with E-state index in [-0.39, 0.29) is 0 Å². The van der Waals surface area contributed by atoms with E-state index in [9.17, 15) is 0 Å². The van der Waals surface area contributed by atoms with Crippen molar-refractivity contribution in [3.8, 4) is 17.2 Å². The molecule has 0 fully saturated rings. The summed E-state index contributed by atoms with van der Waals surface area (Å²) in [5.41, 5.74) is 1.19. The van der Waals surface area contributed by atoms with Crippen molar-refractivity contribution in [1.82, 2.24) is 0 Å². The number of rotatable bonds is 4. The van der Waals surface area contributed by atoms with Gasteiger partial charge < -0.3 is 9.47 Å². The van der Waals surface area contributed by atoms with E-state index in [1.807, 2.05) is 42.5 Å². The smallest absolute Gasteiger partial charge is 0.127 e. The number of methoxy groups -OCH3 is 1. The van der Waals surface area contributed by atoms with Crippen molar-refractivity contribution >= 4 is 15.9 Å². The average molecular weight is 293 g/mol. The summed E-state index contributed by atoms with van der Waals surface area (Å²) in [5.74, 6) is 2.47. The Morgan fingerprint density at radius 1 is 0.941 bits per heavy atom. The third kappa shape index (κ3) is 3.24. The predicted octanol–water partition coefficient (Wildman–Crippen LogP) is 4.38. The lowest BCUT2D eigenvalue weighted by Crippen LogP contribution is -1.86. The van der Waals surface area contributed by atoms with E-state index >= 15 is 0 Å². The summed E-state index contributed by atoms with van der Waals surface area (Å²) >= 11 is 3.42. The Morgan fingerprint density at radius 3 is 2.29 bits per heavy atom. The molecule has 0 saturated carbocycles. The van der Waals surface area contributed by atoms with Crippen LogP contribution in [0.5, 0.6) is 17.2 Å². The summed E-state index contributed by atoms with van der Waals surface area (Å²) < 4.78 is 10.8. The van der Waals surface area contributed by atoms with Crippen LogP contribution in [-0.2, 0) is 5.33 Å². The quantitative estimate of drug-likeness (QED) is 0.779. The fraction of sp³-hybridized carbons (Fsp3) is 0.143. The van der Waals surface area contributed by atoms with Crippen LogP contribution in [0.1, 0.15) is 5.56 Å². The normalized spacial score (nSPS) is 10.0. The highest BCUT2D eigenvalue weighted by Crippen LogP contribution is 2.24.